The highest BCUT2D eigenvalue weighted by Gasteiger charge is 2.27. The van der Waals surface area contributed by atoms with Crippen LogP contribution in [-0.4, -0.2) is 44.2 Å². The number of anilines is 1. The SMILES string of the molecule is COc1cc(N)cc(C(=O)N2CCC(OC)C2)c1. The molecular weight excluding hydrogens is 232 g/mol. The normalized spacial score (nSPS) is 19.0. The molecule has 1 aromatic rings. The van der Waals surface area contributed by atoms with E-state index in [0.29, 0.717) is 30.1 Å². The summed E-state index contributed by atoms with van der Waals surface area (Å²) in [6.07, 6.45) is 1.01. The number of carbonyl (C=O) groups is 1. The van der Waals surface area contributed by atoms with Crippen molar-refractivity contribution in [1.29, 1.82) is 0 Å². The van der Waals surface area contributed by atoms with Crippen LogP contribution in [0.25, 0.3) is 0 Å². The van der Waals surface area contributed by atoms with Gasteiger partial charge in [0.1, 0.15) is 5.75 Å². The van der Waals surface area contributed by atoms with Crippen LogP contribution in [0.2, 0.25) is 0 Å². The molecule has 0 bridgehead atoms. The third kappa shape index (κ3) is 2.56. The summed E-state index contributed by atoms with van der Waals surface area (Å²) in [4.78, 5) is 14.1. The molecule has 1 unspecified atom stereocenters. The first kappa shape index (κ1) is 12.7. The molecule has 2 N–H and O–H groups in total. The van der Waals surface area contributed by atoms with E-state index in [1.165, 1.54) is 0 Å². The minimum atomic E-state index is -0.0276. The summed E-state index contributed by atoms with van der Waals surface area (Å²) < 4.78 is 10.4. The van der Waals surface area contributed by atoms with Gasteiger partial charge in [-0.15, -0.1) is 0 Å². The van der Waals surface area contributed by atoms with Gasteiger partial charge in [-0.2, -0.15) is 0 Å². The summed E-state index contributed by atoms with van der Waals surface area (Å²) in [5.74, 6) is 0.570. The Morgan fingerprint density at radius 2 is 2.17 bits per heavy atom. The van der Waals surface area contributed by atoms with Crippen LogP contribution >= 0.6 is 0 Å². The van der Waals surface area contributed by atoms with Gasteiger partial charge in [-0.25, -0.2) is 0 Å². The van der Waals surface area contributed by atoms with Gasteiger partial charge in [0.2, 0.25) is 0 Å². The molecule has 5 nitrogen and oxygen atoms in total. The molecule has 18 heavy (non-hydrogen) atoms. The highest BCUT2D eigenvalue weighted by Crippen LogP contribution is 2.22. The fourth-order valence-electron chi connectivity index (χ4n) is 2.15. The van der Waals surface area contributed by atoms with Gasteiger partial charge in [0.25, 0.3) is 5.91 Å². The van der Waals surface area contributed by atoms with Crippen LogP contribution in [0.3, 0.4) is 0 Å². The van der Waals surface area contributed by atoms with Gasteiger partial charge in [0.05, 0.1) is 13.2 Å². The van der Waals surface area contributed by atoms with Gasteiger partial charge in [0.15, 0.2) is 0 Å². The Bertz CT molecular complexity index is 448. The number of hydrogen-bond acceptors (Lipinski definition) is 4. The van der Waals surface area contributed by atoms with Gasteiger partial charge in [-0.05, 0) is 18.6 Å². The number of nitrogen functional groups attached to an aromatic ring is 1. The first-order valence-corrected chi connectivity index (χ1v) is 5.90. The number of ether oxygens (including phenoxy) is 2. The highest BCUT2D eigenvalue weighted by molar-refractivity contribution is 5.95. The molecule has 1 fully saturated rings. The molecule has 1 aliphatic heterocycles. The van der Waals surface area contributed by atoms with Crippen molar-refractivity contribution in [1.82, 2.24) is 4.90 Å². The van der Waals surface area contributed by atoms with Crippen LogP contribution in [0.4, 0.5) is 5.69 Å². The second-order valence-electron chi connectivity index (χ2n) is 4.39. The van der Waals surface area contributed by atoms with Gasteiger partial charge in [-0.1, -0.05) is 0 Å². The molecule has 1 amide bonds. The van der Waals surface area contributed by atoms with E-state index in [2.05, 4.69) is 0 Å². The Morgan fingerprint density at radius 3 is 2.78 bits per heavy atom. The number of likely N-dealkylation sites (tertiary alicyclic amines) is 1. The standard InChI is InChI=1S/C13H18N2O3/c1-17-11-3-4-15(8-11)13(16)9-5-10(14)7-12(6-9)18-2/h5-7,11H,3-4,8,14H2,1-2H3. The first-order chi connectivity index (χ1) is 8.63. The summed E-state index contributed by atoms with van der Waals surface area (Å²) in [6, 6.07) is 5.07. The second-order valence-corrected chi connectivity index (χ2v) is 4.39. The highest BCUT2D eigenvalue weighted by atomic mass is 16.5. The van der Waals surface area contributed by atoms with Crippen LogP contribution in [0, 0.1) is 0 Å². The molecule has 0 aromatic heterocycles. The predicted octanol–water partition coefficient (Wildman–Crippen LogP) is 1.14. The maximum atomic E-state index is 12.3. The molecule has 0 saturated carbocycles. The molecular formula is C13H18N2O3. The monoisotopic (exact) mass is 250 g/mol. The number of nitrogens with zero attached hydrogens (tertiary/aromatic N) is 1. The molecule has 1 aliphatic rings. The van der Waals surface area contributed by atoms with E-state index < -0.39 is 0 Å². The lowest BCUT2D eigenvalue weighted by molar-refractivity contribution is 0.0724. The van der Waals surface area contributed by atoms with Crippen LogP contribution < -0.4 is 10.5 Å². The van der Waals surface area contributed by atoms with Gasteiger partial charge in [0, 0.05) is 37.5 Å². The van der Waals surface area contributed by atoms with Crippen molar-refractivity contribution in [2.75, 3.05) is 33.0 Å². The van der Waals surface area contributed by atoms with E-state index in [4.69, 9.17) is 15.2 Å². The number of benzene rings is 1. The fourth-order valence-corrected chi connectivity index (χ4v) is 2.15. The third-order valence-corrected chi connectivity index (χ3v) is 3.18. The van der Waals surface area contributed by atoms with Crippen molar-refractivity contribution in [2.24, 2.45) is 0 Å². The number of rotatable bonds is 3. The average Bonchev–Trinajstić information content (AvgIpc) is 2.85. The molecule has 98 valence electrons. The van der Waals surface area contributed by atoms with E-state index in [1.807, 2.05) is 0 Å². The van der Waals surface area contributed by atoms with Crippen LogP contribution in [-0.2, 0) is 4.74 Å². The van der Waals surface area contributed by atoms with Crippen molar-refractivity contribution < 1.29 is 14.3 Å². The molecule has 1 atom stereocenters. The molecule has 1 aromatic carbocycles. The summed E-state index contributed by atoms with van der Waals surface area (Å²) in [7, 11) is 3.22. The summed E-state index contributed by atoms with van der Waals surface area (Å²) in [6.45, 7) is 1.35. The fraction of sp³-hybridized carbons (Fsp3) is 0.462. The smallest absolute Gasteiger partial charge is 0.254 e. The van der Waals surface area contributed by atoms with Crippen molar-refractivity contribution in [3.05, 3.63) is 23.8 Å². The second kappa shape index (κ2) is 5.27. The number of amides is 1. The van der Waals surface area contributed by atoms with Crippen molar-refractivity contribution in [3.8, 4) is 5.75 Å². The lowest BCUT2D eigenvalue weighted by atomic mass is 10.1. The Morgan fingerprint density at radius 1 is 1.39 bits per heavy atom. The molecule has 5 heteroatoms. The van der Waals surface area contributed by atoms with Crippen LogP contribution in [0.15, 0.2) is 18.2 Å². The van der Waals surface area contributed by atoms with Gasteiger partial charge in [-0.3, -0.25) is 4.79 Å². The Hall–Kier alpha value is -1.75. The summed E-state index contributed by atoms with van der Waals surface area (Å²) in [5, 5.41) is 0. The molecule has 1 saturated heterocycles. The first-order valence-electron chi connectivity index (χ1n) is 5.90. The molecule has 0 radical (unpaired) electrons. The summed E-state index contributed by atoms with van der Waals surface area (Å²) in [5.41, 5.74) is 6.84. The van der Waals surface area contributed by atoms with Gasteiger partial charge < -0.3 is 20.1 Å². The van der Waals surface area contributed by atoms with Gasteiger partial charge >= 0.3 is 0 Å². The van der Waals surface area contributed by atoms with Crippen molar-refractivity contribution in [2.45, 2.75) is 12.5 Å². The minimum absolute atomic E-state index is 0.0276. The average molecular weight is 250 g/mol. The lowest BCUT2D eigenvalue weighted by Crippen LogP contribution is -2.30. The van der Waals surface area contributed by atoms with E-state index in [9.17, 15) is 4.79 Å². The predicted molar refractivity (Wildman–Crippen MR) is 68.7 cm³/mol. The van der Waals surface area contributed by atoms with Crippen molar-refractivity contribution in [3.63, 3.8) is 0 Å². The van der Waals surface area contributed by atoms with Crippen LogP contribution in [0.1, 0.15) is 16.8 Å². The molecule has 1 heterocycles. The Kier molecular flexibility index (Phi) is 3.72. The third-order valence-electron chi connectivity index (χ3n) is 3.18. The quantitative estimate of drug-likeness (QED) is 0.817. The Labute approximate surface area is 106 Å². The number of nitrogens with two attached hydrogens (primary N) is 1. The zero-order chi connectivity index (χ0) is 13.1. The number of carbonyl (C=O) groups excluding carboxylic acids is 1. The van der Waals surface area contributed by atoms with E-state index >= 15 is 0 Å². The van der Waals surface area contributed by atoms with E-state index in [0.717, 1.165) is 6.42 Å². The topological polar surface area (TPSA) is 64.8 Å². The number of hydrogen-bond donors (Lipinski definition) is 1. The summed E-state index contributed by atoms with van der Waals surface area (Å²) >= 11 is 0. The largest absolute Gasteiger partial charge is 0.497 e. The van der Waals surface area contributed by atoms with Crippen LogP contribution in [0.5, 0.6) is 5.75 Å². The zero-order valence-corrected chi connectivity index (χ0v) is 10.7. The maximum absolute atomic E-state index is 12.3. The molecule has 0 spiro atoms. The van der Waals surface area contributed by atoms with E-state index in [1.54, 1.807) is 37.3 Å². The maximum Gasteiger partial charge on any atom is 0.254 e. The minimum Gasteiger partial charge on any atom is -0.497 e. The van der Waals surface area contributed by atoms with Crippen molar-refractivity contribution >= 4 is 11.6 Å². The molecule has 0 aliphatic carbocycles. The zero-order valence-electron chi connectivity index (χ0n) is 10.7. The number of methoxy groups -OCH3 is 2. The van der Waals surface area contributed by atoms with E-state index in [-0.39, 0.29) is 12.0 Å². The lowest BCUT2D eigenvalue weighted by Gasteiger charge is -2.17. The molecule has 2 rings (SSSR count). The Balaban J connectivity index is 2.16.